The van der Waals surface area contributed by atoms with E-state index < -0.39 is 35.9 Å². The number of nitrogens with two attached hydrogens (primary N) is 3. The topological polar surface area (TPSA) is 202 Å². The Labute approximate surface area is 214 Å². The lowest BCUT2D eigenvalue weighted by Crippen LogP contribution is -2.55. The highest BCUT2D eigenvalue weighted by atomic mass is 16.4. The second kappa shape index (κ2) is 13.1. The summed E-state index contributed by atoms with van der Waals surface area (Å²) >= 11 is 0. The van der Waals surface area contributed by atoms with Crippen LogP contribution in [0.15, 0.2) is 65.8 Å². The van der Waals surface area contributed by atoms with Crippen molar-refractivity contribution >= 4 is 34.6 Å². The lowest BCUT2D eigenvalue weighted by Gasteiger charge is -2.23. The van der Waals surface area contributed by atoms with Crippen LogP contribution in [0.3, 0.4) is 0 Å². The van der Waals surface area contributed by atoms with E-state index in [1.807, 2.05) is 30.3 Å². The van der Waals surface area contributed by atoms with E-state index in [4.69, 9.17) is 17.2 Å². The van der Waals surface area contributed by atoms with Crippen LogP contribution in [0.25, 0.3) is 10.9 Å². The molecule has 1 heterocycles. The van der Waals surface area contributed by atoms with Crippen LogP contribution in [-0.2, 0) is 27.2 Å². The lowest BCUT2D eigenvalue weighted by molar-refractivity contribution is -0.142. The third-order valence-electron chi connectivity index (χ3n) is 5.93. The van der Waals surface area contributed by atoms with Crippen molar-refractivity contribution in [2.75, 3.05) is 6.54 Å². The van der Waals surface area contributed by atoms with Gasteiger partial charge in [-0.3, -0.25) is 14.6 Å². The Kier molecular flexibility index (Phi) is 9.61. The number of rotatable bonds is 13. The summed E-state index contributed by atoms with van der Waals surface area (Å²) in [7, 11) is 0. The van der Waals surface area contributed by atoms with Gasteiger partial charge in [0.15, 0.2) is 5.96 Å². The number of hydrogen-bond acceptors (Lipinski definition) is 5. The number of carbonyl (C=O) groups is 3. The Morgan fingerprint density at radius 3 is 2.30 bits per heavy atom. The van der Waals surface area contributed by atoms with E-state index in [9.17, 15) is 19.5 Å². The number of amides is 2. The molecule has 3 rings (SSSR count). The summed E-state index contributed by atoms with van der Waals surface area (Å²) in [6.07, 6.45) is 2.72. The predicted octanol–water partition coefficient (Wildman–Crippen LogP) is 0.388. The van der Waals surface area contributed by atoms with Crippen molar-refractivity contribution in [3.05, 3.63) is 71.9 Å². The number of carbonyl (C=O) groups excluding carboxylic acids is 2. The zero-order chi connectivity index (χ0) is 26.8. The third kappa shape index (κ3) is 8.07. The van der Waals surface area contributed by atoms with Gasteiger partial charge in [0.05, 0.1) is 6.04 Å². The highest BCUT2D eigenvalue weighted by molar-refractivity contribution is 5.92. The van der Waals surface area contributed by atoms with Crippen LogP contribution < -0.4 is 27.8 Å². The Hall–Kier alpha value is -4.38. The summed E-state index contributed by atoms with van der Waals surface area (Å²) in [6, 6.07) is 13.5. The van der Waals surface area contributed by atoms with Crippen molar-refractivity contribution < 1.29 is 19.5 Å². The normalized spacial score (nSPS) is 13.3. The number of aromatic amines is 1. The SMILES string of the molecule is NC(N)=NCCCC(NC(=O)C(N)Cc1c[nH]c2ccccc12)C(=O)NC(Cc1ccccc1)C(=O)O. The van der Waals surface area contributed by atoms with E-state index in [1.165, 1.54) is 0 Å². The first-order valence-corrected chi connectivity index (χ1v) is 12.0. The number of aliphatic imine (C=N–C) groups is 1. The van der Waals surface area contributed by atoms with Gasteiger partial charge >= 0.3 is 5.97 Å². The van der Waals surface area contributed by atoms with Crippen molar-refractivity contribution in [2.24, 2.45) is 22.2 Å². The Bertz CT molecular complexity index is 1240. The number of carboxylic acid groups (broad SMARTS) is 1. The molecule has 0 aliphatic carbocycles. The molecule has 11 nitrogen and oxygen atoms in total. The monoisotopic (exact) mass is 507 g/mol. The molecule has 196 valence electrons. The minimum absolute atomic E-state index is 0.0837. The standard InChI is InChI=1S/C26H33N7O4/c27-19(14-17-15-31-20-10-5-4-9-18(17)20)23(34)32-21(11-6-12-30-26(28)29)24(35)33-22(25(36)37)13-16-7-2-1-3-8-16/h1-5,7-10,15,19,21-22,31H,6,11-14,27H2,(H,32,34)(H,33,35)(H,36,37)(H4,28,29,30). The maximum Gasteiger partial charge on any atom is 0.326 e. The minimum Gasteiger partial charge on any atom is -0.480 e. The number of para-hydroxylation sites is 1. The molecule has 0 radical (unpaired) electrons. The molecule has 3 unspecified atom stereocenters. The van der Waals surface area contributed by atoms with E-state index in [0.29, 0.717) is 6.42 Å². The molecule has 0 aliphatic rings. The quantitative estimate of drug-likeness (QED) is 0.0984. The first kappa shape index (κ1) is 27.2. The molecule has 2 amide bonds. The van der Waals surface area contributed by atoms with Gasteiger partial charge in [-0.15, -0.1) is 0 Å². The maximum atomic E-state index is 13.1. The molecule has 11 heteroatoms. The molecule has 0 aliphatic heterocycles. The number of fused-ring (bicyclic) bond motifs is 1. The molecular weight excluding hydrogens is 474 g/mol. The Balaban J connectivity index is 1.68. The van der Waals surface area contributed by atoms with Crippen molar-refractivity contribution in [1.29, 1.82) is 0 Å². The number of aromatic nitrogens is 1. The molecule has 10 N–H and O–H groups in total. The average molecular weight is 508 g/mol. The molecule has 0 fully saturated rings. The molecule has 1 aromatic heterocycles. The van der Waals surface area contributed by atoms with Gasteiger partial charge < -0.3 is 37.9 Å². The van der Waals surface area contributed by atoms with Crippen molar-refractivity contribution in [3.63, 3.8) is 0 Å². The van der Waals surface area contributed by atoms with E-state index in [-0.39, 0.29) is 31.8 Å². The second-order valence-electron chi connectivity index (χ2n) is 8.77. The number of benzene rings is 2. The second-order valence-corrected chi connectivity index (χ2v) is 8.77. The minimum atomic E-state index is -1.18. The van der Waals surface area contributed by atoms with Crippen molar-refractivity contribution in [2.45, 2.75) is 43.8 Å². The molecule has 0 saturated heterocycles. The molecule has 3 aromatic rings. The largest absolute Gasteiger partial charge is 0.480 e. The fourth-order valence-electron chi connectivity index (χ4n) is 4.00. The van der Waals surface area contributed by atoms with Crippen LogP contribution in [0.2, 0.25) is 0 Å². The number of aliphatic carboxylic acids is 1. The highest BCUT2D eigenvalue weighted by Gasteiger charge is 2.28. The summed E-state index contributed by atoms with van der Waals surface area (Å²) in [5.74, 6) is -2.42. The van der Waals surface area contributed by atoms with Crippen molar-refractivity contribution in [1.82, 2.24) is 15.6 Å². The van der Waals surface area contributed by atoms with E-state index in [2.05, 4.69) is 20.6 Å². The van der Waals surface area contributed by atoms with Gasteiger partial charge in [-0.1, -0.05) is 48.5 Å². The summed E-state index contributed by atoms with van der Waals surface area (Å²) < 4.78 is 0. The number of guanidine groups is 1. The highest BCUT2D eigenvalue weighted by Crippen LogP contribution is 2.19. The van der Waals surface area contributed by atoms with Crippen LogP contribution >= 0.6 is 0 Å². The van der Waals surface area contributed by atoms with Gasteiger partial charge in [0.1, 0.15) is 12.1 Å². The first-order valence-electron chi connectivity index (χ1n) is 12.0. The number of nitrogens with zero attached hydrogens (tertiary/aromatic N) is 1. The molecule has 0 saturated carbocycles. The summed E-state index contributed by atoms with van der Waals surface area (Å²) in [6.45, 7) is 0.246. The number of nitrogens with one attached hydrogen (secondary N) is 3. The van der Waals surface area contributed by atoms with Crippen molar-refractivity contribution in [3.8, 4) is 0 Å². The molecule has 37 heavy (non-hydrogen) atoms. The van der Waals surface area contributed by atoms with Gasteiger partial charge in [0.25, 0.3) is 0 Å². The van der Waals surface area contributed by atoms with Crippen LogP contribution in [0, 0.1) is 0 Å². The predicted molar refractivity (Wildman–Crippen MR) is 142 cm³/mol. The van der Waals surface area contributed by atoms with Gasteiger partial charge in [-0.05, 0) is 36.5 Å². The summed E-state index contributed by atoms with van der Waals surface area (Å²) in [4.78, 5) is 45.0. The molecule has 0 spiro atoms. The van der Waals surface area contributed by atoms with Crippen LogP contribution in [0.5, 0.6) is 0 Å². The number of carboxylic acids is 1. The fourth-order valence-corrected chi connectivity index (χ4v) is 4.00. The van der Waals surface area contributed by atoms with Gasteiger partial charge in [0, 0.05) is 30.1 Å². The Morgan fingerprint density at radius 2 is 1.59 bits per heavy atom. The molecule has 0 bridgehead atoms. The average Bonchev–Trinajstić information content (AvgIpc) is 3.28. The zero-order valence-corrected chi connectivity index (χ0v) is 20.4. The van der Waals surface area contributed by atoms with Gasteiger partial charge in [-0.25, -0.2) is 4.79 Å². The lowest BCUT2D eigenvalue weighted by atomic mass is 10.0. The van der Waals surface area contributed by atoms with Crippen LogP contribution in [0.1, 0.15) is 24.0 Å². The van der Waals surface area contributed by atoms with Crippen LogP contribution in [-0.4, -0.2) is 58.5 Å². The third-order valence-corrected chi connectivity index (χ3v) is 5.93. The van der Waals surface area contributed by atoms with E-state index in [0.717, 1.165) is 22.0 Å². The summed E-state index contributed by atoms with van der Waals surface area (Å²) in [5, 5.41) is 15.9. The number of hydrogen-bond donors (Lipinski definition) is 7. The molecule has 3 atom stereocenters. The first-order chi connectivity index (χ1) is 17.7. The van der Waals surface area contributed by atoms with Gasteiger partial charge in [-0.2, -0.15) is 0 Å². The van der Waals surface area contributed by atoms with Gasteiger partial charge in [0.2, 0.25) is 11.8 Å². The summed E-state index contributed by atoms with van der Waals surface area (Å²) in [5.41, 5.74) is 19.5. The molecular formula is C26H33N7O4. The zero-order valence-electron chi connectivity index (χ0n) is 20.4. The Morgan fingerprint density at radius 1 is 0.919 bits per heavy atom. The maximum absolute atomic E-state index is 13.1. The number of H-pyrrole nitrogens is 1. The van der Waals surface area contributed by atoms with E-state index in [1.54, 1.807) is 30.5 Å². The molecule has 2 aromatic carbocycles. The fraction of sp³-hybridized carbons (Fsp3) is 0.308. The smallest absolute Gasteiger partial charge is 0.326 e. The van der Waals surface area contributed by atoms with Crippen LogP contribution in [0.4, 0.5) is 0 Å². The van der Waals surface area contributed by atoms with E-state index >= 15 is 0 Å².